The molecule has 9 heteroatoms. The van der Waals surface area contributed by atoms with Gasteiger partial charge in [-0.15, -0.1) is 25.6 Å². The van der Waals surface area contributed by atoms with Gasteiger partial charge in [0.15, 0.2) is 0 Å². The molecule has 0 spiro atoms. The van der Waals surface area contributed by atoms with Crippen molar-refractivity contribution in [1.82, 2.24) is 0 Å². The molecule has 0 heterocycles. The number of halogens is 4. The van der Waals surface area contributed by atoms with Crippen LogP contribution in [0.4, 0.5) is 13.2 Å². The van der Waals surface area contributed by atoms with Crippen LogP contribution in [-0.2, 0) is 0 Å². The van der Waals surface area contributed by atoms with Crippen molar-refractivity contribution < 1.29 is 33.2 Å². The number of hydrogen-bond donors (Lipinski definition) is 4. The van der Waals surface area contributed by atoms with Crippen molar-refractivity contribution in [1.29, 1.82) is 0 Å². The van der Waals surface area contributed by atoms with E-state index in [1.54, 1.807) is 0 Å². The molecule has 2 rings (SSSR count). The van der Waals surface area contributed by atoms with Gasteiger partial charge in [-0.3, -0.25) is 0 Å². The summed E-state index contributed by atoms with van der Waals surface area (Å²) in [5.74, 6) is -1.62. The number of phenols is 3. The molecule has 0 aliphatic rings. The molecule has 0 aromatic heterocycles. The van der Waals surface area contributed by atoms with Crippen LogP contribution in [0.25, 0.3) is 0 Å². The van der Waals surface area contributed by atoms with E-state index in [1.807, 2.05) is 0 Å². The van der Waals surface area contributed by atoms with E-state index in [2.05, 4.69) is 4.74 Å². The van der Waals surface area contributed by atoms with Crippen LogP contribution in [0.2, 0.25) is 0 Å². The maximum Gasteiger partial charge on any atom is 0.573 e. The lowest BCUT2D eigenvalue weighted by Gasteiger charge is -2.16. The standard InChI is InChI=1S/C14H12F3NO4.ClH/c15-14(16,17)22-9-3-1-7(2-4-9)13(18)12-10(20)5-8(19)6-11(12)21;/h1-6,13,19-21H,18H2;1H/t13-;/m0./s1. The molecule has 0 fully saturated rings. The zero-order chi connectivity index (χ0) is 16.5. The van der Waals surface area contributed by atoms with E-state index < -0.39 is 29.7 Å². The van der Waals surface area contributed by atoms with Gasteiger partial charge in [0.2, 0.25) is 0 Å². The number of benzene rings is 2. The Kier molecular flexibility index (Phi) is 5.57. The van der Waals surface area contributed by atoms with Gasteiger partial charge >= 0.3 is 6.36 Å². The SMILES string of the molecule is Cl.N[C@@H](c1ccc(OC(F)(F)F)cc1)c1c(O)cc(O)cc1O. The Bertz CT molecular complexity index is 654. The second-order valence-electron chi connectivity index (χ2n) is 4.49. The van der Waals surface area contributed by atoms with E-state index in [0.717, 1.165) is 24.3 Å². The molecule has 0 aliphatic carbocycles. The fourth-order valence-corrected chi connectivity index (χ4v) is 1.97. The van der Waals surface area contributed by atoms with E-state index in [4.69, 9.17) is 5.73 Å². The third-order valence-electron chi connectivity index (χ3n) is 2.90. The molecule has 0 saturated carbocycles. The van der Waals surface area contributed by atoms with Crippen LogP contribution in [0.15, 0.2) is 36.4 Å². The predicted octanol–water partition coefficient (Wildman–Crippen LogP) is 3.17. The summed E-state index contributed by atoms with van der Waals surface area (Å²) in [6, 6.07) is 5.68. The van der Waals surface area contributed by atoms with Gasteiger partial charge in [-0.25, -0.2) is 0 Å². The molecule has 126 valence electrons. The van der Waals surface area contributed by atoms with E-state index >= 15 is 0 Å². The first-order chi connectivity index (χ1) is 10.2. The molecule has 0 bridgehead atoms. The van der Waals surface area contributed by atoms with Crippen molar-refractivity contribution in [2.45, 2.75) is 12.4 Å². The lowest BCUT2D eigenvalue weighted by molar-refractivity contribution is -0.274. The maximum absolute atomic E-state index is 12.1. The van der Waals surface area contributed by atoms with Crippen molar-refractivity contribution in [2.24, 2.45) is 5.73 Å². The fourth-order valence-electron chi connectivity index (χ4n) is 1.97. The van der Waals surface area contributed by atoms with E-state index in [9.17, 15) is 28.5 Å². The summed E-state index contributed by atoms with van der Waals surface area (Å²) in [5.41, 5.74) is 6.17. The molecule has 2 aromatic carbocycles. The number of rotatable bonds is 3. The van der Waals surface area contributed by atoms with Crippen LogP contribution >= 0.6 is 12.4 Å². The van der Waals surface area contributed by atoms with Crippen molar-refractivity contribution in [3.05, 3.63) is 47.5 Å². The summed E-state index contributed by atoms with van der Waals surface area (Å²) in [5, 5.41) is 28.7. The highest BCUT2D eigenvalue weighted by Gasteiger charge is 2.31. The molecule has 0 radical (unpaired) electrons. The molecule has 0 saturated heterocycles. The van der Waals surface area contributed by atoms with E-state index in [1.165, 1.54) is 12.1 Å². The highest BCUT2D eigenvalue weighted by Crippen LogP contribution is 2.38. The maximum atomic E-state index is 12.1. The van der Waals surface area contributed by atoms with Gasteiger partial charge in [0.05, 0.1) is 11.6 Å². The third kappa shape index (κ3) is 4.57. The van der Waals surface area contributed by atoms with E-state index in [-0.39, 0.29) is 23.7 Å². The van der Waals surface area contributed by atoms with Crippen LogP contribution in [0.1, 0.15) is 17.2 Å². The van der Waals surface area contributed by atoms with Gasteiger partial charge < -0.3 is 25.8 Å². The summed E-state index contributed by atoms with van der Waals surface area (Å²) in [6.07, 6.45) is -4.79. The number of ether oxygens (including phenoxy) is 1. The Morgan fingerprint density at radius 1 is 0.957 bits per heavy atom. The van der Waals surface area contributed by atoms with Crippen LogP contribution in [0.5, 0.6) is 23.0 Å². The molecular formula is C14H13ClF3NO4. The van der Waals surface area contributed by atoms with E-state index in [0.29, 0.717) is 5.56 Å². The third-order valence-corrected chi connectivity index (χ3v) is 2.90. The van der Waals surface area contributed by atoms with Gasteiger partial charge in [0.1, 0.15) is 23.0 Å². The zero-order valence-corrected chi connectivity index (χ0v) is 12.2. The lowest BCUT2D eigenvalue weighted by Crippen LogP contribution is -2.17. The Morgan fingerprint density at radius 3 is 1.87 bits per heavy atom. The minimum atomic E-state index is -4.79. The van der Waals surface area contributed by atoms with Gasteiger partial charge in [-0.05, 0) is 17.7 Å². The average Bonchev–Trinajstić information content (AvgIpc) is 2.36. The van der Waals surface area contributed by atoms with Gasteiger partial charge in [-0.2, -0.15) is 0 Å². The molecule has 23 heavy (non-hydrogen) atoms. The molecule has 5 N–H and O–H groups in total. The first-order valence-electron chi connectivity index (χ1n) is 6.03. The molecule has 2 aromatic rings. The summed E-state index contributed by atoms with van der Waals surface area (Å²) < 4.78 is 39.9. The smallest absolute Gasteiger partial charge is 0.508 e. The largest absolute Gasteiger partial charge is 0.573 e. The first-order valence-corrected chi connectivity index (χ1v) is 6.03. The van der Waals surface area contributed by atoms with Crippen molar-refractivity contribution >= 4 is 12.4 Å². The number of phenolic OH excluding ortho intramolecular Hbond substituents is 3. The number of hydrogen-bond acceptors (Lipinski definition) is 5. The monoisotopic (exact) mass is 351 g/mol. The number of alkyl halides is 3. The van der Waals surface area contributed by atoms with Crippen molar-refractivity contribution in [3.8, 4) is 23.0 Å². The van der Waals surface area contributed by atoms with Crippen molar-refractivity contribution in [3.63, 3.8) is 0 Å². The number of nitrogens with two attached hydrogens (primary N) is 1. The lowest BCUT2D eigenvalue weighted by atomic mass is 9.97. The van der Waals surface area contributed by atoms with Gasteiger partial charge in [0, 0.05) is 12.1 Å². The Morgan fingerprint density at radius 2 is 1.43 bits per heavy atom. The second-order valence-corrected chi connectivity index (χ2v) is 4.49. The topological polar surface area (TPSA) is 95.9 Å². The Labute approximate surface area is 135 Å². The van der Waals surface area contributed by atoms with Crippen molar-refractivity contribution in [2.75, 3.05) is 0 Å². The minimum Gasteiger partial charge on any atom is -0.508 e. The molecule has 5 nitrogen and oxygen atoms in total. The predicted molar refractivity (Wildman–Crippen MR) is 77.8 cm³/mol. The summed E-state index contributed by atoms with van der Waals surface area (Å²) in [6.45, 7) is 0. The second kappa shape index (κ2) is 6.84. The molecule has 0 amide bonds. The summed E-state index contributed by atoms with van der Waals surface area (Å²) >= 11 is 0. The van der Waals surface area contributed by atoms with Crippen LogP contribution in [-0.4, -0.2) is 21.7 Å². The zero-order valence-electron chi connectivity index (χ0n) is 11.4. The quantitative estimate of drug-likeness (QED) is 0.681. The normalized spacial score (nSPS) is 12.3. The summed E-state index contributed by atoms with van der Waals surface area (Å²) in [7, 11) is 0. The van der Waals surface area contributed by atoms with Gasteiger partial charge in [0.25, 0.3) is 0 Å². The fraction of sp³-hybridized carbons (Fsp3) is 0.143. The molecule has 0 aliphatic heterocycles. The average molecular weight is 352 g/mol. The first kappa shape index (κ1) is 18.7. The summed E-state index contributed by atoms with van der Waals surface area (Å²) in [4.78, 5) is 0. The van der Waals surface area contributed by atoms with Crippen LogP contribution in [0, 0.1) is 0 Å². The highest BCUT2D eigenvalue weighted by molar-refractivity contribution is 5.85. The highest BCUT2D eigenvalue weighted by atomic mass is 35.5. The minimum absolute atomic E-state index is 0. The Hall–Kier alpha value is -2.32. The molecular weight excluding hydrogens is 339 g/mol. The molecule has 1 atom stereocenters. The van der Waals surface area contributed by atoms with Crippen LogP contribution < -0.4 is 10.5 Å². The number of aromatic hydroxyl groups is 3. The van der Waals surface area contributed by atoms with Crippen LogP contribution in [0.3, 0.4) is 0 Å². The Balaban J connectivity index is 0.00000264. The van der Waals surface area contributed by atoms with Gasteiger partial charge in [-0.1, -0.05) is 12.1 Å². The molecule has 0 unspecified atom stereocenters.